The third kappa shape index (κ3) is 4.46. The lowest BCUT2D eigenvalue weighted by molar-refractivity contribution is -0.116. The van der Waals surface area contributed by atoms with Gasteiger partial charge in [-0.05, 0) is 53.0 Å². The molecule has 0 saturated carbocycles. The van der Waals surface area contributed by atoms with E-state index >= 15 is 0 Å². The molecule has 0 bridgehead atoms. The zero-order valence-electron chi connectivity index (χ0n) is 18.0. The van der Waals surface area contributed by atoms with Crippen LogP contribution in [0, 0.1) is 17.1 Å². The zero-order valence-corrected chi connectivity index (χ0v) is 19.6. The first-order chi connectivity index (χ1) is 15.9. The first kappa shape index (κ1) is 22.9. The zero-order chi connectivity index (χ0) is 23.5. The summed E-state index contributed by atoms with van der Waals surface area (Å²) in [4.78, 5) is 12.8. The minimum atomic E-state index is -0.664. The van der Waals surface area contributed by atoms with Crippen molar-refractivity contribution in [3.8, 4) is 17.6 Å². The van der Waals surface area contributed by atoms with E-state index in [4.69, 9.17) is 19.9 Å². The normalized spacial score (nSPS) is 17.9. The molecule has 2 aliphatic rings. The van der Waals surface area contributed by atoms with Gasteiger partial charge in [0.05, 0.1) is 17.0 Å². The van der Waals surface area contributed by atoms with E-state index in [-0.39, 0.29) is 29.7 Å². The highest BCUT2D eigenvalue weighted by atomic mass is 79.9. The lowest BCUT2D eigenvalue weighted by atomic mass is 9.77. The molecule has 0 amide bonds. The van der Waals surface area contributed by atoms with Gasteiger partial charge >= 0.3 is 0 Å². The molecule has 8 heteroatoms. The molecule has 0 saturated heterocycles. The van der Waals surface area contributed by atoms with Crippen LogP contribution in [0.1, 0.15) is 43.2 Å². The number of hydrogen-bond acceptors (Lipinski definition) is 6. The van der Waals surface area contributed by atoms with Crippen molar-refractivity contribution in [2.45, 2.75) is 38.7 Å². The van der Waals surface area contributed by atoms with Crippen LogP contribution >= 0.6 is 15.9 Å². The van der Waals surface area contributed by atoms with Gasteiger partial charge in [0.15, 0.2) is 17.3 Å². The monoisotopic (exact) mass is 512 g/mol. The maximum atomic E-state index is 14.0. The van der Waals surface area contributed by atoms with Crippen LogP contribution in [0.5, 0.6) is 11.5 Å². The number of allylic oxidation sites excluding steroid dienone is 3. The number of rotatable bonds is 6. The van der Waals surface area contributed by atoms with Crippen LogP contribution in [0.3, 0.4) is 0 Å². The summed E-state index contributed by atoms with van der Waals surface area (Å²) in [5.41, 5.74) is 7.74. The number of carbonyl (C=O) groups excluding carboxylic acids is 1. The fourth-order valence-electron chi connectivity index (χ4n) is 4.11. The molecule has 0 unspecified atom stereocenters. The molecule has 0 fully saturated rings. The molecule has 0 spiro atoms. The van der Waals surface area contributed by atoms with Gasteiger partial charge in [0.25, 0.3) is 0 Å². The predicted octanol–water partition coefficient (Wildman–Crippen LogP) is 5.38. The highest BCUT2D eigenvalue weighted by Crippen LogP contribution is 2.47. The molecule has 2 aromatic carbocycles. The van der Waals surface area contributed by atoms with E-state index < -0.39 is 5.92 Å². The molecule has 2 N–H and O–H groups in total. The minimum absolute atomic E-state index is 0.00455. The molecule has 1 atom stereocenters. The van der Waals surface area contributed by atoms with Crippen molar-refractivity contribution in [2.24, 2.45) is 5.73 Å². The third-order valence-corrected chi connectivity index (χ3v) is 6.19. The Morgan fingerprint density at radius 2 is 2.06 bits per heavy atom. The fraction of sp³-hybridized carbons (Fsp3) is 0.280. The highest BCUT2D eigenvalue weighted by molar-refractivity contribution is 9.10. The molecule has 1 aliphatic carbocycles. The van der Waals surface area contributed by atoms with Crippen LogP contribution in [0.25, 0.3) is 0 Å². The van der Waals surface area contributed by atoms with E-state index in [1.165, 1.54) is 6.07 Å². The average Bonchev–Trinajstić information content (AvgIpc) is 2.79. The van der Waals surface area contributed by atoms with E-state index in [0.29, 0.717) is 64.3 Å². The van der Waals surface area contributed by atoms with Crippen molar-refractivity contribution < 1.29 is 23.4 Å². The van der Waals surface area contributed by atoms with Crippen LogP contribution in [0.15, 0.2) is 63.7 Å². The lowest BCUT2D eigenvalue weighted by Gasteiger charge is -2.31. The third-order valence-electron chi connectivity index (χ3n) is 5.60. The summed E-state index contributed by atoms with van der Waals surface area (Å²) >= 11 is 3.53. The van der Waals surface area contributed by atoms with Gasteiger partial charge in [0.2, 0.25) is 5.88 Å². The Balaban J connectivity index is 1.77. The first-order valence-corrected chi connectivity index (χ1v) is 11.4. The van der Waals surface area contributed by atoms with Crippen LogP contribution < -0.4 is 15.2 Å². The molecule has 4 rings (SSSR count). The molecular formula is C25H22BrFN2O4. The van der Waals surface area contributed by atoms with Crippen molar-refractivity contribution >= 4 is 21.7 Å². The molecule has 0 radical (unpaired) electrons. The number of nitrogens with zero attached hydrogens (tertiary/aromatic N) is 1. The summed E-state index contributed by atoms with van der Waals surface area (Å²) in [6.45, 7) is 2.20. The number of Topliss-reactive ketones (excluding diaryl/α,β-unsaturated/α-hetero) is 1. The first-order valence-electron chi connectivity index (χ1n) is 10.6. The molecular weight excluding hydrogens is 491 g/mol. The number of ether oxygens (including phenoxy) is 3. The van der Waals surface area contributed by atoms with Crippen molar-refractivity contribution in [3.63, 3.8) is 0 Å². The fourth-order valence-corrected chi connectivity index (χ4v) is 4.69. The topological polar surface area (TPSA) is 94.6 Å². The van der Waals surface area contributed by atoms with Crippen LogP contribution in [0.4, 0.5) is 4.39 Å². The van der Waals surface area contributed by atoms with Gasteiger partial charge in [-0.3, -0.25) is 4.79 Å². The molecule has 0 aromatic heterocycles. The summed E-state index contributed by atoms with van der Waals surface area (Å²) in [5.74, 6) is 0.242. The molecule has 1 heterocycles. The van der Waals surface area contributed by atoms with Gasteiger partial charge in [-0.1, -0.05) is 18.2 Å². The molecule has 6 nitrogen and oxygen atoms in total. The van der Waals surface area contributed by atoms with Gasteiger partial charge in [-0.2, -0.15) is 5.26 Å². The smallest absolute Gasteiger partial charge is 0.205 e. The standard InChI is InChI=1S/C25H22BrFN2O4/c1-2-31-21-11-15(10-17(26)24(21)32-13-14-6-3-4-7-18(14)27)22-16(12-28)25(29)33-20-9-5-8-19(30)23(20)22/h3-4,6-7,10-11,22H,2,5,8-9,13,29H2,1H3/t22-/m1/s1. The number of halogens is 2. The summed E-state index contributed by atoms with van der Waals surface area (Å²) in [6.07, 6.45) is 1.65. The van der Waals surface area contributed by atoms with Gasteiger partial charge in [-0.25, -0.2) is 4.39 Å². The Kier molecular flexibility index (Phi) is 6.70. The maximum absolute atomic E-state index is 14.0. The predicted molar refractivity (Wildman–Crippen MR) is 123 cm³/mol. The van der Waals surface area contributed by atoms with Crippen LogP contribution in [0.2, 0.25) is 0 Å². The van der Waals surface area contributed by atoms with Gasteiger partial charge in [0.1, 0.15) is 29.8 Å². The Hall–Kier alpha value is -3.31. The maximum Gasteiger partial charge on any atom is 0.205 e. The van der Waals surface area contributed by atoms with Gasteiger partial charge in [-0.15, -0.1) is 0 Å². The van der Waals surface area contributed by atoms with Crippen molar-refractivity contribution in [3.05, 3.63) is 80.6 Å². The Bertz CT molecular complexity index is 1220. The Morgan fingerprint density at radius 3 is 2.79 bits per heavy atom. The summed E-state index contributed by atoms with van der Waals surface area (Å²) < 4.78 is 32.0. The number of benzene rings is 2. The van der Waals surface area contributed by atoms with Crippen LogP contribution in [-0.4, -0.2) is 12.4 Å². The summed E-state index contributed by atoms with van der Waals surface area (Å²) in [6, 6.07) is 12.0. The van der Waals surface area contributed by atoms with E-state index in [0.717, 1.165) is 0 Å². The molecule has 33 heavy (non-hydrogen) atoms. The van der Waals surface area contributed by atoms with E-state index in [1.807, 2.05) is 6.92 Å². The van der Waals surface area contributed by atoms with E-state index in [1.54, 1.807) is 30.3 Å². The summed E-state index contributed by atoms with van der Waals surface area (Å²) in [7, 11) is 0. The van der Waals surface area contributed by atoms with Crippen molar-refractivity contribution in [1.82, 2.24) is 0 Å². The second-order valence-corrected chi connectivity index (χ2v) is 8.54. The van der Waals surface area contributed by atoms with E-state index in [2.05, 4.69) is 22.0 Å². The number of carbonyl (C=O) groups is 1. The second-order valence-electron chi connectivity index (χ2n) is 7.68. The highest BCUT2D eigenvalue weighted by Gasteiger charge is 2.38. The molecule has 1 aliphatic heterocycles. The molecule has 2 aromatic rings. The van der Waals surface area contributed by atoms with Crippen molar-refractivity contribution in [2.75, 3.05) is 6.61 Å². The molecule has 170 valence electrons. The Labute approximate surface area is 199 Å². The summed E-state index contributed by atoms with van der Waals surface area (Å²) in [5, 5.41) is 9.80. The second kappa shape index (κ2) is 9.67. The number of nitriles is 1. The minimum Gasteiger partial charge on any atom is -0.490 e. The number of hydrogen-bond donors (Lipinski definition) is 1. The van der Waals surface area contributed by atoms with E-state index in [9.17, 15) is 14.4 Å². The van der Waals surface area contributed by atoms with Crippen molar-refractivity contribution in [1.29, 1.82) is 5.26 Å². The number of nitrogens with two attached hydrogens (primary N) is 1. The largest absolute Gasteiger partial charge is 0.490 e. The van der Waals surface area contributed by atoms with Crippen LogP contribution in [-0.2, 0) is 16.1 Å². The SMILES string of the molecule is CCOc1cc([C@@H]2C(C#N)=C(N)OC3=C2C(=O)CCC3)cc(Br)c1OCc1ccccc1F. The van der Waals surface area contributed by atoms with Gasteiger partial charge < -0.3 is 19.9 Å². The number of ketones is 1. The Morgan fingerprint density at radius 1 is 1.27 bits per heavy atom. The van der Waals surface area contributed by atoms with Gasteiger partial charge in [0, 0.05) is 24.0 Å². The lowest BCUT2D eigenvalue weighted by Crippen LogP contribution is -2.27. The average molecular weight is 513 g/mol. The quantitative estimate of drug-likeness (QED) is 0.558.